The van der Waals surface area contributed by atoms with Gasteiger partial charge in [0.25, 0.3) is 0 Å². The van der Waals surface area contributed by atoms with Crippen molar-refractivity contribution in [3.8, 4) is 5.75 Å². The van der Waals surface area contributed by atoms with Gasteiger partial charge in [0.2, 0.25) is 0 Å². The molecule has 0 saturated carbocycles. The first kappa shape index (κ1) is 17.8. The molecular formula is C10H6F6INO3. The predicted octanol–water partition coefficient (Wildman–Crippen LogP) is 3.32. The van der Waals surface area contributed by atoms with Gasteiger partial charge in [-0.05, 0) is 34.2 Å². The lowest BCUT2D eigenvalue weighted by Gasteiger charge is -2.16. The number of hydrogen-bond acceptors (Lipinski definition) is 4. The minimum Gasteiger partial charge on any atom is -0.469 e. The first-order valence-electron chi connectivity index (χ1n) is 5.03. The van der Waals surface area contributed by atoms with E-state index in [9.17, 15) is 31.1 Å². The van der Waals surface area contributed by atoms with E-state index < -0.39 is 36.4 Å². The van der Waals surface area contributed by atoms with E-state index in [1.54, 1.807) is 0 Å². The zero-order valence-electron chi connectivity index (χ0n) is 10.1. The van der Waals surface area contributed by atoms with Gasteiger partial charge in [0, 0.05) is 0 Å². The van der Waals surface area contributed by atoms with Gasteiger partial charge >= 0.3 is 18.5 Å². The quantitative estimate of drug-likeness (QED) is 0.320. The van der Waals surface area contributed by atoms with Crippen LogP contribution in [0.3, 0.4) is 0 Å². The molecule has 0 fully saturated rings. The molecule has 0 aliphatic carbocycles. The van der Waals surface area contributed by atoms with E-state index in [4.69, 9.17) is 0 Å². The lowest BCUT2D eigenvalue weighted by molar-refractivity contribution is -0.276. The molecular weight excluding hydrogens is 423 g/mol. The first-order chi connectivity index (χ1) is 9.44. The van der Waals surface area contributed by atoms with Crippen molar-refractivity contribution in [3.05, 3.63) is 21.0 Å². The van der Waals surface area contributed by atoms with Crippen LogP contribution >= 0.6 is 22.6 Å². The Kier molecular flexibility index (Phi) is 5.28. The van der Waals surface area contributed by atoms with Gasteiger partial charge in [-0.2, -0.15) is 13.2 Å². The Balaban J connectivity index is 3.34. The molecule has 0 spiro atoms. The number of nitrogens with zero attached hydrogens (tertiary/aromatic N) is 1. The smallest absolute Gasteiger partial charge is 0.469 e. The number of esters is 1. The number of aromatic nitrogens is 1. The maximum absolute atomic E-state index is 12.7. The number of halogens is 7. The second-order valence-corrected chi connectivity index (χ2v) is 4.61. The molecule has 1 heterocycles. The highest BCUT2D eigenvalue weighted by molar-refractivity contribution is 14.1. The van der Waals surface area contributed by atoms with Gasteiger partial charge in [0.05, 0.1) is 13.5 Å². The standard InChI is InChI=1S/C10H6F6INO3/c1-20-6(19)3-4-2-5(21-10(14,15)16)7(9(11,12)13)18-8(4)17/h2H,3H2,1H3. The second-order valence-electron chi connectivity index (χ2n) is 3.58. The summed E-state index contributed by atoms with van der Waals surface area (Å²) in [7, 11) is 1.03. The maximum Gasteiger partial charge on any atom is 0.573 e. The summed E-state index contributed by atoms with van der Waals surface area (Å²) >= 11 is 1.37. The molecule has 21 heavy (non-hydrogen) atoms. The molecule has 0 aliphatic heterocycles. The van der Waals surface area contributed by atoms with Crippen LogP contribution < -0.4 is 4.74 Å². The van der Waals surface area contributed by atoms with Crippen LogP contribution in [0.15, 0.2) is 6.07 Å². The molecule has 1 rings (SSSR count). The lowest BCUT2D eigenvalue weighted by atomic mass is 10.2. The average molecular weight is 429 g/mol. The van der Waals surface area contributed by atoms with Crippen molar-refractivity contribution in [3.63, 3.8) is 0 Å². The summed E-state index contributed by atoms with van der Waals surface area (Å²) in [6, 6.07) is 0.474. The fourth-order valence-electron chi connectivity index (χ4n) is 1.27. The zero-order chi connectivity index (χ0) is 16.4. The van der Waals surface area contributed by atoms with Gasteiger partial charge in [-0.1, -0.05) is 0 Å². The number of alkyl halides is 6. The van der Waals surface area contributed by atoms with E-state index in [0.717, 1.165) is 7.11 Å². The van der Waals surface area contributed by atoms with Crippen molar-refractivity contribution in [1.82, 2.24) is 4.98 Å². The first-order valence-corrected chi connectivity index (χ1v) is 6.11. The van der Waals surface area contributed by atoms with Gasteiger partial charge in [-0.25, -0.2) is 4.98 Å². The van der Waals surface area contributed by atoms with Gasteiger partial charge in [-0.15, -0.1) is 13.2 Å². The van der Waals surface area contributed by atoms with Crippen LogP contribution in [0.4, 0.5) is 26.3 Å². The number of methoxy groups -OCH3 is 1. The van der Waals surface area contributed by atoms with Crippen molar-refractivity contribution in [2.75, 3.05) is 7.11 Å². The Morgan fingerprint density at radius 3 is 2.29 bits per heavy atom. The molecule has 0 amide bonds. The van der Waals surface area contributed by atoms with Crippen molar-refractivity contribution in [1.29, 1.82) is 0 Å². The van der Waals surface area contributed by atoms with E-state index in [2.05, 4.69) is 14.5 Å². The third-order valence-electron chi connectivity index (χ3n) is 2.07. The van der Waals surface area contributed by atoms with Crippen LogP contribution in [0.5, 0.6) is 5.75 Å². The number of ether oxygens (including phenoxy) is 2. The fourth-order valence-corrected chi connectivity index (χ4v) is 1.86. The van der Waals surface area contributed by atoms with E-state index in [1.807, 2.05) is 0 Å². The Morgan fingerprint density at radius 1 is 1.29 bits per heavy atom. The topological polar surface area (TPSA) is 48.4 Å². The fraction of sp³-hybridized carbons (Fsp3) is 0.400. The Morgan fingerprint density at radius 2 is 1.86 bits per heavy atom. The summed E-state index contributed by atoms with van der Waals surface area (Å²) in [5.74, 6) is -2.36. The third-order valence-corrected chi connectivity index (χ3v) is 3.00. The molecule has 11 heteroatoms. The summed E-state index contributed by atoms with van der Waals surface area (Å²) in [5, 5.41) is 0. The number of rotatable bonds is 3. The highest BCUT2D eigenvalue weighted by Crippen LogP contribution is 2.38. The van der Waals surface area contributed by atoms with Gasteiger partial charge < -0.3 is 9.47 Å². The molecule has 0 N–H and O–H groups in total. The molecule has 118 valence electrons. The Bertz CT molecular complexity index is 543. The van der Waals surface area contributed by atoms with E-state index in [0.29, 0.717) is 6.07 Å². The molecule has 0 saturated heterocycles. The molecule has 1 aromatic heterocycles. The van der Waals surface area contributed by atoms with Gasteiger partial charge in [0.15, 0.2) is 11.4 Å². The summed E-state index contributed by atoms with van der Waals surface area (Å²) in [6.07, 6.45) is -11.0. The van der Waals surface area contributed by atoms with Crippen molar-refractivity contribution < 1.29 is 40.6 Å². The minimum absolute atomic E-state index is 0.172. The van der Waals surface area contributed by atoms with Crippen molar-refractivity contribution >= 4 is 28.6 Å². The Hall–Kier alpha value is -1.27. The largest absolute Gasteiger partial charge is 0.573 e. The molecule has 0 aliphatic rings. The summed E-state index contributed by atoms with van der Waals surface area (Å²) in [4.78, 5) is 14.1. The number of hydrogen-bond donors (Lipinski definition) is 0. The minimum atomic E-state index is -5.32. The van der Waals surface area contributed by atoms with Crippen LogP contribution in [-0.4, -0.2) is 24.4 Å². The molecule has 1 aromatic rings. The van der Waals surface area contributed by atoms with Crippen molar-refractivity contribution in [2.24, 2.45) is 0 Å². The SMILES string of the molecule is COC(=O)Cc1cc(OC(F)(F)F)c(C(F)(F)F)nc1I. The van der Waals surface area contributed by atoms with E-state index in [-0.39, 0.29) is 9.26 Å². The molecule has 0 aromatic carbocycles. The number of carbonyl (C=O) groups excluding carboxylic acids is 1. The van der Waals surface area contributed by atoms with Crippen LogP contribution in [0.1, 0.15) is 11.3 Å². The molecule has 4 nitrogen and oxygen atoms in total. The monoisotopic (exact) mass is 429 g/mol. The Labute approximate surface area is 127 Å². The van der Waals surface area contributed by atoms with Crippen LogP contribution in [0.25, 0.3) is 0 Å². The highest BCUT2D eigenvalue weighted by atomic mass is 127. The summed E-state index contributed by atoms with van der Waals surface area (Å²) < 4.78 is 81.8. The average Bonchev–Trinajstić information content (AvgIpc) is 2.29. The normalized spacial score (nSPS) is 12.2. The molecule has 0 atom stereocenters. The highest BCUT2D eigenvalue weighted by Gasteiger charge is 2.41. The predicted molar refractivity (Wildman–Crippen MR) is 64.4 cm³/mol. The van der Waals surface area contributed by atoms with Crippen molar-refractivity contribution in [2.45, 2.75) is 19.0 Å². The van der Waals surface area contributed by atoms with E-state index in [1.165, 1.54) is 22.6 Å². The summed E-state index contributed by atoms with van der Waals surface area (Å²) in [5.41, 5.74) is -1.99. The van der Waals surface area contributed by atoms with Gasteiger partial charge in [0.1, 0.15) is 3.70 Å². The molecule has 0 radical (unpaired) electrons. The van der Waals surface area contributed by atoms with Crippen LogP contribution in [-0.2, 0) is 22.1 Å². The maximum atomic E-state index is 12.7. The summed E-state index contributed by atoms with van der Waals surface area (Å²) in [6.45, 7) is 0. The third kappa shape index (κ3) is 5.21. The lowest BCUT2D eigenvalue weighted by Crippen LogP contribution is -2.22. The zero-order valence-corrected chi connectivity index (χ0v) is 12.3. The van der Waals surface area contributed by atoms with Crippen LogP contribution in [0.2, 0.25) is 0 Å². The van der Waals surface area contributed by atoms with Crippen LogP contribution in [0, 0.1) is 3.70 Å². The number of carbonyl (C=O) groups is 1. The van der Waals surface area contributed by atoms with Gasteiger partial charge in [-0.3, -0.25) is 4.79 Å². The molecule has 0 unspecified atom stereocenters. The number of pyridine rings is 1. The molecule has 0 bridgehead atoms. The van der Waals surface area contributed by atoms with E-state index >= 15 is 0 Å². The second kappa shape index (κ2) is 6.23.